The molecule has 3 aromatic rings. The van der Waals surface area contributed by atoms with E-state index in [1.165, 1.54) is 51.4 Å². The van der Waals surface area contributed by atoms with E-state index >= 15 is 4.39 Å². The van der Waals surface area contributed by atoms with Crippen LogP contribution in [-0.4, -0.2) is 19.4 Å². The van der Waals surface area contributed by atoms with Gasteiger partial charge in [0.2, 0.25) is 0 Å². The third-order valence-corrected chi connectivity index (χ3v) is 7.11. The van der Waals surface area contributed by atoms with E-state index in [4.69, 9.17) is 9.47 Å². The Balaban J connectivity index is 1.34. The Morgan fingerprint density at radius 2 is 1.72 bits per heavy atom. The summed E-state index contributed by atoms with van der Waals surface area (Å²) in [6.07, 6.45) is 12.1. The van der Waals surface area contributed by atoms with Crippen molar-refractivity contribution in [2.75, 3.05) is 7.11 Å². The van der Waals surface area contributed by atoms with Crippen molar-refractivity contribution < 1.29 is 13.9 Å². The van der Waals surface area contributed by atoms with Crippen molar-refractivity contribution in [2.45, 2.75) is 76.9 Å². The summed E-state index contributed by atoms with van der Waals surface area (Å²) in [6, 6.07) is 17.5. The molecule has 0 amide bonds. The zero-order valence-corrected chi connectivity index (χ0v) is 21.5. The van der Waals surface area contributed by atoms with E-state index in [0.717, 1.165) is 24.0 Å². The average Bonchev–Trinajstić information content (AvgIpc) is 3.04. The molecule has 0 saturated heterocycles. The third-order valence-electron chi connectivity index (χ3n) is 7.11. The van der Waals surface area contributed by atoms with E-state index in [1.54, 1.807) is 13.3 Å². The average molecular weight is 488 g/mol. The number of aromatic nitrogens is 1. The first-order valence-electron chi connectivity index (χ1n) is 13.4. The maximum atomic E-state index is 15.4. The van der Waals surface area contributed by atoms with Crippen LogP contribution in [0, 0.1) is 5.82 Å². The van der Waals surface area contributed by atoms with Crippen LogP contribution in [0.25, 0.3) is 0 Å². The summed E-state index contributed by atoms with van der Waals surface area (Å²) < 4.78 is 27.0. The monoisotopic (exact) mass is 488 g/mol. The van der Waals surface area contributed by atoms with Crippen molar-refractivity contribution in [2.24, 2.45) is 0 Å². The molecular formula is C30H38BFN2O2. The lowest BCUT2D eigenvalue weighted by Crippen LogP contribution is -2.25. The third kappa shape index (κ3) is 7.82. The van der Waals surface area contributed by atoms with Gasteiger partial charge in [0.15, 0.2) is 18.8 Å². The number of halogens is 1. The Bertz CT molecular complexity index is 1070. The normalized spacial score (nSPS) is 14.9. The highest BCUT2D eigenvalue weighted by Gasteiger charge is 2.18. The molecule has 0 atom stereocenters. The summed E-state index contributed by atoms with van der Waals surface area (Å²) in [4.78, 5) is 4.33. The van der Waals surface area contributed by atoms with Gasteiger partial charge in [0.05, 0.1) is 12.8 Å². The van der Waals surface area contributed by atoms with Crippen molar-refractivity contribution in [1.29, 1.82) is 0 Å². The second-order valence-corrected chi connectivity index (χ2v) is 9.86. The van der Waals surface area contributed by atoms with Gasteiger partial charge in [-0.3, -0.25) is 4.98 Å². The lowest BCUT2D eigenvalue weighted by molar-refractivity contribution is 0.280. The number of methoxy groups -OCH3 is 1. The highest BCUT2D eigenvalue weighted by atomic mass is 19.1. The Hall–Kier alpha value is -2.86. The van der Waals surface area contributed by atoms with Crippen LogP contribution >= 0.6 is 0 Å². The van der Waals surface area contributed by atoms with E-state index in [0.29, 0.717) is 36.0 Å². The van der Waals surface area contributed by atoms with Gasteiger partial charge in [0.1, 0.15) is 12.4 Å². The van der Waals surface area contributed by atoms with Gasteiger partial charge in [-0.1, -0.05) is 87.5 Å². The van der Waals surface area contributed by atoms with Gasteiger partial charge in [-0.05, 0) is 35.3 Å². The van der Waals surface area contributed by atoms with Gasteiger partial charge in [0, 0.05) is 24.8 Å². The first kappa shape index (κ1) is 26.2. The molecular weight excluding hydrogens is 450 g/mol. The zero-order valence-electron chi connectivity index (χ0n) is 21.5. The molecule has 1 fully saturated rings. The fourth-order valence-corrected chi connectivity index (χ4v) is 5.07. The molecule has 1 aliphatic carbocycles. The SMILES string of the molecule is COc1cc(CNCc2ccccn2)ccc1OCc1cccc(BC2CCCCCCCC2)c1F. The summed E-state index contributed by atoms with van der Waals surface area (Å²) in [7, 11) is 2.45. The summed E-state index contributed by atoms with van der Waals surface area (Å²) in [6.45, 7) is 1.56. The number of nitrogens with one attached hydrogen (secondary N) is 1. The number of ether oxygens (including phenoxy) is 2. The molecule has 4 nitrogen and oxygen atoms in total. The highest BCUT2D eigenvalue weighted by Crippen LogP contribution is 2.29. The highest BCUT2D eigenvalue weighted by molar-refractivity contribution is 6.55. The first-order chi connectivity index (χ1) is 17.7. The second kappa shape index (κ2) is 14.0. The Morgan fingerprint density at radius 3 is 2.47 bits per heavy atom. The predicted octanol–water partition coefficient (Wildman–Crippen LogP) is 6.08. The molecule has 1 aromatic heterocycles. The number of nitrogens with zero attached hydrogens (tertiary/aromatic N) is 1. The molecule has 0 radical (unpaired) electrons. The quantitative estimate of drug-likeness (QED) is 0.351. The Morgan fingerprint density at radius 1 is 0.917 bits per heavy atom. The molecule has 190 valence electrons. The van der Waals surface area contributed by atoms with Crippen LogP contribution in [0.1, 0.15) is 68.2 Å². The van der Waals surface area contributed by atoms with Gasteiger partial charge in [-0.25, -0.2) is 4.39 Å². The molecule has 1 saturated carbocycles. The van der Waals surface area contributed by atoms with E-state index in [9.17, 15) is 0 Å². The van der Waals surface area contributed by atoms with Gasteiger partial charge < -0.3 is 14.8 Å². The molecule has 1 N–H and O–H groups in total. The molecule has 0 aliphatic heterocycles. The predicted molar refractivity (Wildman–Crippen MR) is 146 cm³/mol. The van der Waals surface area contributed by atoms with E-state index in [2.05, 4.69) is 10.3 Å². The fourth-order valence-electron chi connectivity index (χ4n) is 5.07. The molecule has 0 bridgehead atoms. The van der Waals surface area contributed by atoms with Crippen LogP contribution in [0.2, 0.25) is 5.82 Å². The second-order valence-electron chi connectivity index (χ2n) is 9.86. The molecule has 2 aromatic carbocycles. The summed E-state index contributed by atoms with van der Waals surface area (Å²) in [5.41, 5.74) is 3.50. The lowest BCUT2D eigenvalue weighted by atomic mass is 9.56. The van der Waals surface area contributed by atoms with Crippen molar-refractivity contribution >= 4 is 12.7 Å². The number of benzene rings is 2. The van der Waals surface area contributed by atoms with Crippen molar-refractivity contribution in [1.82, 2.24) is 10.3 Å². The fraction of sp³-hybridized carbons (Fsp3) is 0.433. The molecule has 4 rings (SSSR count). The summed E-state index contributed by atoms with van der Waals surface area (Å²) >= 11 is 0. The van der Waals surface area contributed by atoms with Gasteiger partial charge in [-0.2, -0.15) is 0 Å². The Labute approximate surface area is 215 Å². The van der Waals surface area contributed by atoms with Gasteiger partial charge in [0.25, 0.3) is 0 Å². The summed E-state index contributed by atoms with van der Waals surface area (Å²) in [5, 5.41) is 3.40. The minimum atomic E-state index is -0.119. The summed E-state index contributed by atoms with van der Waals surface area (Å²) in [5.74, 6) is 1.72. The molecule has 0 spiro atoms. The largest absolute Gasteiger partial charge is 0.493 e. The van der Waals surface area contributed by atoms with Crippen LogP contribution in [0.3, 0.4) is 0 Å². The number of hydrogen-bond donors (Lipinski definition) is 1. The van der Waals surface area contributed by atoms with Crippen LogP contribution in [0.4, 0.5) is 4.39 Å². The van der Waals surface area contributed by atoms with Crippen LogP contribution in [-0.2, 0) is 19.7 Å². The molecule has 6 heteroatoms. The van der Waals surface area contributed by atoms with Crippen molar-refractivity contribution in [3.05, 3.63) is 83.4 Å². The van der Waals surface area contributed by atoms with Gasteiger partial charge in [-0.15, -0.1) is 0 Å². The first-order valence-corrected chi connectivity index (χ1v) is 13.4. The Kier molecular flexibility index (Phi) is 10.2. The zero-order chi connectivity index (χ0) is 25.0. The number of rotatable bonds is 10. The topological polar surface area (TPSA) is 43.4 Å². The smallest absolute Gasteiger partial charge is 0.164 e. The van der Waals surface area contributed by atoms with Gasteiger partial charge >= 0.3 is 0 Å². The van der Waals surface area contributed by atoms with E-state index < -0.39 is 0 Å². The minimum absolute atomic E-state index is 0.119. The number of pyridine rings is 1. The van der Waals surface area contributed by atoms with Crippen LogP contribution in [0.15, 0.2) is 60.8 Å². The molecule has 36 heavy (non-hydrogen) atoms. The molecule has 1 heterocycles. The van der Waals surface area contributed by atoms with Crippen molar-refractivity contribution in [3.8, 4) is 11.5 Å². The molecule has 1 aliphatic rings. The van der Waals surface area contributed by atoms with Crippen LogP contribution < -0.4 is 20.3 Å². The lowest BCUT2D eigenvalue weighted by Gasteiger charge is -2.17. The van der Waals surface area contributed by atoms with Crippen LogP contribution in [0.5, 0.6) is 11.5 Å². The number of hydrogen-bond acceptors (Lipinski definition) is 4. The van der Waals surface area contributed by atoms with Crippen molar-refractivity contribution in [3.63, 3.8) is 0 Å². The maximum Gasteiger partial charge on any atom is 0.164 e. The van der Waals surface area contributed by atoms with E-state index in [-0.39, 0.29) is 12.4 Å². The minimum Gasteiger partial charge on any atom is -0.493 e. The maximum absolute atomic E-state index is 15.4. The molecule has 0 unspecified atom stereocenters. The van der Waals surface area contributed by atoms with E-state index in [1.807, 2.05) is 54.6 Å². The standard InChI is InChI=1S/C30H38BFN2O2/c1-35-29-19-23(20-33-21-26-14-8-9-18-34-26)16-17-28(29)36-22-24-11-10-15-27(30(24)32)31-25-12-6-4-2-3-5-7-13-25/h8-11,14-19,25,31,33H,2-7,12-13,20-22H2,1H3.